The number of fused-ring (bicyclic) bond motifs is 1. The Bertz CT molecular complexity index is 1060. The Labute approximate surface area is 179 Å². The molecule has 2 aliphatic rings. The van der Waals surface area contributed by atoms with Crippen LogP contribution in [0.3, 0.4) is 0 Å². The van der Waals surface area contributed by atoms with Gasteiger partial charge in [0, 0.05) is 6.54 Å². The average Bonchev–Trinajstić information content (AvgIpc) is 3.14. The predicted molar refractivity (Wildman–Crippen MR) is 103 cm³/mol. The second-order valence-electron chi connectivity index (χ2n) is 7.40. The number of aryl methyl sites for hydroxylation is 1. The quantitative estimate of drug-likeness (QED) is 0.625. The minimum absolute atomic E-state index is 0.170. The molecule has 0 aliphatic carbocycles. The predicted octanol–water partition coefficient (Wildman–Crippen LogP) is 4.46. The minimum atomic E-state index is -4.67. The van der Waals surface area contributed by atoms with Gasteiger partial charge in [-0.15, -0.1) is 0 Å². The van der Waals surface area contributed by atoms with Crippen LogP contribution in [0.15, 0.2) is 34.7 Å². The van der Waals surface area contributed by atoms with Gasteiger partial charge in [-0.25, -0.2) is 19.4 Å². The second kappa shape index (κ2) is 7.70. The van der Waals surface area contributed by atoms with E-state index in [4.69, 9.17) is 11.6 Å². The van der Waals surface area contributed by atoms with Gasteiger partial charge in [0.15, 0.2) is 5.82 Å². The van der Waals surface area contributed by atoms with E-state index in [9.17, 15) is 22.4 Å². The standard InChI is InChI=1S/C19H17ClF4N6O/c1-9-13(21)8-25-18(26-9)30-14-6-7-29(10(2)16(14)27-28-30)17(31)11-4-3-5-12(15(11)20)19(22,23)24/h3-5,8,10,14,16H,6-7H2,1-2H3. The van der Waals surface area contributed by atoms with E-state index in [1.165, 1.54) is 22.9 Å². The molecule has 0 bridgehead atoms. The largest absolute Gasteiger partial charge is 0.417 e. The maximum Gasteiger partial charge on any atom is 0.417 e. The number of benzene rings is 1. The van der Waals surface area contributed by atoms with E-state index < -0.39 is 40.6 Å². The fourth-order valence-corrected chi connectivity index (χ4v) is 4.18. The average molecular weight is 457 g/mol. The molecule has 0 radical (unpaired) electrons. The van der Waals surface area contributed by atoms with Gasteiger partial charge >= 0.3 is 6.18 Å². The van der Waals surface area contributed by atoms with Crippen LogP contribution in [0.4, 0.5) is 23.5 Å². The van der Waals surface area contributed by atoms with E-state index >= 15 is 0 Å². The molecule has 0 saturated carbocycles. The maximum atomic E-state index is 13.5. The fourth-order valence-electron chi connectivity index (χ4n) is 3.87. The first-order valence-electron chi connectivity index (χ1n) is 9.45. The Morgan fingerprint density at radius 2 is 2.03 bits per heavy atom. The number of hydrogen-bond donors (Lipinski definition) is 0. The monoisotopic (exact) mass is 456 g/mol. The summed E-state index contributed by atoms with van der Waals surface area (Å²) in [6.45, 7) is 3.50. The molecule has 3 atom stereocenters. The van der Waals surface area contributed by atoms with Gasteiger partial charge in [0.25, 0.3) is 5.91 Å². The summed E-state index contributed by atoms with van der Waals surface area (Å²) >= 11 is 5.93. The van der Waals surface area contributed by atoms with E-state index in [0.717, 1.165) is 18.3 Å². The van der Waals surface area contributed by atoms with Crippen molar-refractivity contribution in [3.63, 3.8) is 0 Å². The zero-order valence-corrected chi connectivity index (χ0v) is 17.2. The SMILES string of the molecule is Cc1nc(N2N=NC3C(C)N(C(=O)c4cccc(C(F)(F)F)c4Cl)CCC32)ncc1F. The molecule has 0 spiro atoms. The third-order valence-corrected chi connectivity index (χ3v) is 5.96. The summed E-state index contributed by atoms with van der Waals surface area (Å²) in [6, 6.07) is 2.09. The molecule has 31 heavy (non-hydrogen) atoms. The molecule has 1 aromatic heterocycles. The summed E-state index contributed by atoms with van der Waals surface area (Å²) in [5, 5.41) is 9.19. The Kier molecular flexibility index (Phi) is 5.32. The molecule has 7 nitrogen and oxygen atoms in total. The van der Waals surface area contributed by atoms with Gasteiger partial charge in [-0.1, -0.05) is 22.9 Å². The topological polar surface area (TPSA) is 74.1 Å². The number of carbonyl (C=O) groups is 1. The smallest absolute Gasteiger partial charge is 0.334 e. The molecule has 0 N–H and O–H groups in total. The van der Waals surface area contributed by atoms with E-state index in [2.05, 4.69) is 20.3 Å². The lowest BCUT2D eigenvalue weighted by Crippen LogP contribution is -2.56. The van der Waals surface area contributed by atoms with E-state index in [1.54, 1.807) is 6.92 Å². The van der Waals surface area contributed by atoms with Gasteiger partial charge in [0.05, 0.1) is 40.1 Å². The van der Waals surface area contributed by atoms with Gasteiger partial charge in [0.1, 0.15) is 6.04 Å². The van der Waals surface area contributed by atoms with Gasteiger partial charge in [0.2, 0.25) is 5.95 Å². The molecular formula is C19H17ClF4N6O. The molecule has 4 rings (SSSR count). The van der Waals surface area contributed by atoms with E-state index in [0.29, 0.717) is 6.42 Å². The number of piperidine rings is 1. The zero-order valence-electron chi connectivity index (χ0n) is 16.4. The summed E-state index contributed by atoms with van der Waals surface area (Å²) in [4.78, 5) is 22.6. The molecule has 1 saturated heterocycles. The Morgan fingerprint density at radius 3 is 2.71 bits per heavy atom. The van der Waals surface area contributed by atoms with Crippen LogP contribution in [-0.2, 0) is 6.18 Å². The molecule has 12 heteroatoms. The van der Waals surface area contributed by atoms with Crippen LogP contribution in [0.5, 0.6) is 0 Å². The van der Waals surface area contributed by atoms with Crippen molar-refractivity contribution in [2.75, 3.05) is 11.6 Å². The molecule has 1 amide bonds. The number of aromatic nitrogens is 2. The van der Waals surface area contributed by atoms with Gasteiger partial charge < -0.3 is 4.90 Å². The van der Waals surface area contributed by atoms with Crippen LogP contribution < -0.4 is 5.01 Å². The number of nitrogens with zero attached hydrogens (tertiary/aromatic N) is 6. The fraction of sp³-hybridized carbons (Fsp3) is 0.421. The third-order valence-electron chi connectivity index (χ3n) is 5.55. The first kappa shape index (κ1) is 21.4. The minimum Gasteiger partial charge on any atom is -0.334 e. The Hall–Kier alpha value is -2.82. The molecule has 2 aliphatic heterocycles. The number of rotatable bonds is 2. The highest BCUT2D eigenvalue weighted by atomic mass is 35.5. The summed E-state index contributed by atoms with van der Waals surface area (Å²) in [6.07, 6.45) is -3.19. The summed E-state index contributed by atoms with van der Waals surface area (Å²) in [5.74, 6) is -0.948. The molecule has 3 heterocycles. The van der Waals surface area contributed by atoms with Crippen molar-refractivity contribution in [2.24, 2.45) is 10.3 Å². The van der Waals surface area contributed by atoms with Crippen molar-refractivity contribution < 1.29 is 22.4 Å². The molecule has 1 fully saturated rings. The summed E-state index contributed by atoms with van der Waals surface area (Å²) in [5.41, 5.74) is -1.10. The lowest BCUT2D eigenvalue weighted by atomic mass is 9.92. The molecular weight excluding hydrogens is 440 g/mol. The van der Waals surface area contributed by atoms with Crippen LogP contribution in [0.1, 0.15) is 35.0 Å². The highest BCUT2D eigenvalue weighted by molar-refractivity contribution is 6.34. The first-order valence-corrected chi connectivity index (χ1v) is 9.83. The lowest BCUT2D eigenvalue weighted by molar-refractivity contribution is -0.137. The second-order valence-corrected chi connectivity index (χ2v) is 7.78. The highest BCUT2D eigenvalue weighted by Crippen LogP contribution is 2.38. The zero-order chi connectivity index (χ0) is 22.5. The number of alkyl halides is 3. The van der Waals surface area contributed by atoms with Gasteiger partial charge in [-0.2, -0.15) is 18.3 Å². The van der Waals surface area contributed by atoms with E-state index in [-0.39, 0.29) is 29.8 Å². The van der Waals surface area contributed by atoms with Gasteiger partial charge in [-0.3, -0.25) is 4.79 Å². The number of anilines is 1. The molecule has 1 aromatic carbocycles. The van der Waals surface area contributed by atoms with Crippen molar-refractivity contribution in [2.45, 2.75) is 44.6 Å². The first-order chi connectivity index (χ1) is 14.6. The van der Waals surface area contributed by atoms with Crippen molar-refractivity contribution in [3.05, 3.63) is 52.1 Å². The van der Waals surface area contributed by atoms with Crippen LogP contribution in [-0.4, -0.2) is 45.4 Å². The van der Waals surface area contributed by atoms with Gasteiger partial charge in [-0.05, 0) is 32.4 Å². The third kappa shape index (κ3) is 3.71. The Morgan fingerprint density at radius 1 is 1.29 bits per heavy atom. The number of amides is 1. The molecule has 164 valence electrons. The number of halogens is 5. The Balaban J connectivity index is 1.57. The molecule has 2 aromatic rings. The van der Waals surface area contributed by atoms with Crippen molar-refractivity contribution in [1.29, 1.82) is 0 Å². The van der Waals surface area contributed by atoms with Crippen molar-refractivity contribution >= 4 is 23.5 Å². The summed E-state index contributed by atoms with van der Waals surface area (Å²) in [7, 11) is 0. The van der Waals surface area contributed by atoms with Crippen LogP contribution >= 0.6 is 11.6 Å². The lowest BCUT2D eigenvalue weighted by Gasteiger charge is -2.40. The highest BCUT2D eigenvalue weighted by Gasteiger charge is 2.46. The van der Waals surface area contributed by atoms with Crippen molar-refractivity contribution in [3.8, 4) is 0 Å². The molecule has 3 unspecified atom stereocenters. The summed E-state index contributed by atoms with van der Waals surface area (Å²) < 4.78 is 53.0. The number of carbonyl (C=O) groups excluding carboxylic acids is 1. The number of likely N-dealkylation sites (tertiary alicyclic amines) is 1. The van der Waals surface area contributed by atoms with Crippen LogP contribution in [0.25, 0.3) is 0 Å². The maximum absolute atomic E-state index is 13.5. The normalized spacial score (nSPS) is 23.3. The van der Waals surface area contributed by atoms with E-state index in [1.807, 2.05) is 0 Å². The number of hydrogen-bond acceptors (Lipinski definition) is 6. The van der Waals surface area contributed by atoms with Crippen LogP contribution in [0, 0.1) is 12.7 Å². The van der Waals surface area contributed by atoms with Crippen molar-refractivity contribution in [1.82, 2.24) is 14.9 Å². The van der Waals surface area contributed by atoms with Crippen LogP contribution in [0.2, 0.25) is 5.02 Å².